The lowest BCUT2D eigenvalue weighted by molar-refractivity contribution is -0.870. The molecule has 0 bridgehead atoms. The van der Waals surface area contributed by atoms with E-state index in [0.717, 1.165) is 83.5 Å². The second-order valence-corrected chi connectivity index (χ2v) is 26.7. The number of quaternary nitrogens is 1. The first-order chi connectivity index (χ1) is 41.5. The van der Waals surface area contributed by atoms with Gasteiger partial charge in [0.1, 0.15) is 13.2 Å². The quantitative estimate of drug-likeness (QED) is 0.0243. The third-order valence-electron chi connectivity index (χ3n) is 15.7. The summed E-state index contributed by atoms with van der Waals surface area (Å²) in [4.78, 5) is 23.4. The number of phosphoric ester groups is 1. The van der Waals surface area contributed by atoms with Gasteiger partial charge in [-0.15, -0.1) is 0 Å². The Kier molecular flexibility index (Phi) is 63.4. The molecule has 3 unspecified atom stereocenters. The summed E-state index contributed by atoms with van der Waals surface area (Å²) in [5, 5.41) is 14.0. The lowest BCUT2D eigenvalue weighted by atomic mass is 10.0. The zero-order valence-electron chi connectivity index (χ0n) is 56.3. The van der Waals surface area contributed by atoms with Crippen LogP contribution in [0, 0.1) is 0 Å². The number of likely N-dealkylation sites (N-methyl/N-ethyl adjacent to an activating group) is 1. The average molecular weight is 1210 g/mol. The summed E-state index contributed by atoms with van der Waals surface area (Å²) in [5.74, 6) is -0.186. The highest BCUT2D eigenvalue weighted by atomic mass is 31.2. The van der Waals surface area contributed by atoms with Gasteiger partial charge in [-0.2, -0.15) is 0 Å². The van der Waals surface area contributed by atoms with Gasteiger partial charge in [-0.3, -0.25) is 13.8 Å². The zero-order chi connectivity index (χ0) is 61.9. The SMILES string of the molecule is CC/C=C\C/C=C\C/C=C\C/C=C\C/C=C\C/C=C\C/C=C\CCCCCCCCCCCCCCCCCCCC(=O)NC(COP(=O)(O)OCC[N+](C)(C)C)C(O)/C=C/CC/C=C/CCCCCCCCCCCCCCCCCCCC. The highest BCUT2D eigenvalue weighted by Crippen LogP contribution is 2.43. The molecule has 0 aromatic heterocycles. The van der Waals surface area contributed by atoms with Crippen molar-refractivity contribution >= 4 is 13.7 Å². The van der Waals surface area contributed by atoms with Crippen LogP contribution in [0.1, 0.15) is 316 Å². The first-order valence-corrected chi connectivity index (χ1v) is 37.3. The topological polar surface area (TPSA) is 105 Å². The van der Waals surface area contributed by atoms with Crippen molar-refractivity contribution in [3.8, 4) is 0 Å². The third kappa shape index (κ3) is 68.5. The molecule has 85 heavy (non-hydrogen) atoms. The zero-order valence-corrected chi connectivity index (χ0v) is 57.2. The van der Waals surface area contributed by atoms with E-state index in [-0.39, 0.29) is 19.1 Å². The standard InChI is InChI=1S/C76H137N2O6P/c1-6-8-10-12-14-16-18-20-22-24-26-28-30-32-33-34-35-36-37-38-39-40-41-42-43-44-45-46-48-50-52-54-56-58-60-62-64-66-68-70-76(80)77-74(73-84-85(81,82)83-72-71-78(3,4)5)75(79)69-67-65-63-61-59-57-55-53-51-49-47-31-29-27-25-23-21-19-17-15-13-11-9-7-2/h8,10,14,16,20,22,26,28,32-33,35-36,38-39,59,61,67,69,74-75,79H,6-7,9,11-13,15,17-19,21,23-25,27,29-31,34,37,40-58,60,62-66,68,70-73H2,1-5H3,(H-,77,80,81,82)/p+1/b10-8-,16-14-,22-20-,28-26-,33-32-,36-35-,39-38-,61-59+,69-67+. The van der Waals surface area contributed by atoms with Gasteiger partial charge in [-0.25, -0.2) is 4.57 Å². The molecule has 3 atom stereocenters. The molecular formula is C76H138N2O6P+. The molecule has 0 rings (SSSR count). The van der Waals surface area contributed by atoms with Crippen molar-refractivity contribution < 1.29 is 32.9 Å². The Labute approximate surface area is 527 Å². The largest absolute Gasteiger partial charge is 0.472 e. The van der Waals surface area contributed by atoms with E-state index >= 15 is 0 Å². The summed E-state index contributed by atoms with van der Waals surface area (Å²) in [6.45, 7) is 4.71. The smallest absolute Gasteiger partial charge is 0.387 e. The predicted octanol–water partition coefficient (Wildman–Crippen LogP) is 23.1. The van der Waals surface area contributed by atoms with Crippen molar-refractivity contribution in [2.24, 2.45) is 0 Å². The van der Waals surface area contributed by atoms with Gasteiger partial charge in [-0.05, 0) is 89.9 Å². The van der Waals surface area contributed by atoms with Gasteiger partial charge in [0, 0.05) is 6.42 Å². The Hall–Kier alpha value is -2.84. The molecule has 0 aliphatic rings. The third-order valence-corrected chi connectivity index (χ3v) is 16.7. The monoisotopic (exact) mass is 1210 g/mol. The van der Waals surface area contributed by atoms with Crippen LogP contribution >= 0.6 is 7.82 Å². The first-order valence-electron chi connectivity index (χ1n) is 35.8. The Morgan fingerprint density at radius 2 is 0.718 bits per heavy atom. The minimum absolute atomic E-state index is 0.0537. The minimum atomic E-state index is -4.37. The Bertz CT molecular complexity index is 1760. The predicted molar refractivity (Wildman–Crippen MR) is 373 cm³/mol. The van der Waals surface area contributed by atoms with Gasteiger partial charge in [0.25, 0.3) is 0 Å². The van der Waals surface area contributed by atoms with E-state index < -0.39 is 20.0 Å². The second kappa shape index (κ2) is 65.6. The molecule has 9 heteroatoms. The van der Waals surface area contributed by atoms with Gasteiger partial charge in [0.05, 0.1) is 39.9 Å². The van der Waals surface area contributed by atoms with Crippen LogP contribution in [0.5, 0.6) is 0 Å². The maximum absolute atomic E-state index is 13.1. The molecule has 0 aliphatic heterocycles. The second-order valence-electron chi connectivity index (χ2n) is 25.2. The maximum Gasteiger partial charge on any atom is 0.472 e. The van der Waals surface area contributed by atoms with Crippen molar-refractivity contribution in [3.63, 3.8) is 0 Å². The number of rotatable bonds is 65. The van der Waals surface area contributed by atoms with Crippen molar-refractivity contribution in [3.05, 3.63) is 109 Å². The van der Waals surface area contributed by atoms with E-state index in [1.54, 1.807) is 6.08 Å². The molecular weight excluding hydrogens is 1070 g/mol. The molecule has 0 saturated carbocycles. The van der Waals surface area contributed by atoms with E-state index in [1.807, 2.05) is 27.2 Å². The normalized spacial score (nSPS) is 14.3. The number of amides is 1. The van der Waals surface area contributed by atoms with E-state index in [4.69, 9.17) is 9.05 Å². The molecule has 0 aliphatic carbocycles. The number of nitrogens with zero attached hydrogens (tertiary/aromatic N) is 1. The van der Waals surface area contributed by atoms with Crippen LogP contribution in [0.25, 0.3) is 0 Å². The maximum atomic E-state index is 13.1. The summed E-state index contributed by atoms with van der Waals surface area (Å²) in [6.07, 6.45) is 96.7. The van der Waals surface area contributed by atoms with Gasteiger partial charge in [0.15, 0.2) is 0 Å². The van der Waals surface area contributed by atoms with Crippen molar-refractivity contribution in [2.75, 3.05) is 40.9 Å². The lowest BCUT2D eigenvalue weighted by Crippen LogP contribution is -2.45. The van der Waals surface area contributed by atoms with Crippen LogP contribution in [0.3, 0.4) is 0 Å². The molecule has 0 spiro atoms. The van der Waals surface area contributed by atoms with Crippen LogP contribution in [-0.4, -0.2) is 73.4 Å². The Balaban J connectivity index is 4.06. The number of nitrogens with one attached hydrogen (secondary N) is 1. The molecule has 0 aromatic rings. The Morgan fingerprint density at radius 1 is 0.412 bits per heavy atom. The number of carbonyl (C=O) groups is 1. The lowest BCUT2D eigenvalue weighted by Gasteiger charge is -2.25. The fourth-order valence-electron chi connectivity index (χ4n) is 10.2. The molecule has 0 fully saturated rings. The number of aliphatic hydroxyl groups excluding tert-OH is 1. The fourth-order valence-corrected chi connectivity index (χ4v) is 11.0. The van der Waals surface area contributed by atoms with Crippen LogP contribution in [0.15, 0.2) is 109 Å². The van der Waals surface area contributed by atoms with E-state index in [1.165, 1.54) is 212 Å². The van der Waals surface area contributed by atoms with Gasteiger partial charge >= 0.3 is 7.82 Å². The van der Waals surface area contributed by atoms with Crippen LogP contribution < -0.4 is 5.32 Å². The summed E-state index contributed by atoms with van der Waals surface area (Å²) in [6, 6.07) is -0.869. The summed E-state index contributed by atoms with van der Waals surface area (Å²) in [5.41, 5.74) is 0. The van der Waals surface area contributed by atoms with E-state index in [2.05, 4.69) is 116 Å². The fraction of sp³-hybridized carbons (Fsp3) is 0.750. The van der Waals surface area contributed by atoms with Crippen molar-refractivity contribution in [1.29, 1.82) is 0 Å². The molecule has 0 radical (unpaired) electrons. The molecule has 0 aromatic carbocycles. The highest BCUT2D eigenvalue weighted by Gasteiger charge is 2.28. The molecule has 492 valence electrons. The molecule has 3 N–H and O–H groups in total. The number of phosphoric acid groups is 1. The van der Waals surface area contributed by atoms with Gasteiger partial charge in [-0.1, -0.05) is 329 Å². The average Bonchev–Trinajstić information content (AvgIpc) is 3.49. The van der Waals surface area contributed by atoms with E-state index in [0.29, 0.717) is 17.4 Å². The summed E-state index contributed by atoms with van der Waals surface area (Å²) >= 11 is 0. The summed E-state index contributed by atoms with van der Waals surface area (Å²) in [7, 11) is 1.56. The number of hydrogen-bond acceptors (Lipinski definition) is 5. The van der Waals surface area contributed by atoms with E-state index in [9.17, 15) is 19.4 Å². The highest BCUT2D eigenvalue weighted by molar-refractivity contribution is 7.47. The number of carbonyl (C=O) groups excluding carboxylic acids is 1. The molecule has 0 heterocycles. The first kappa shape index (κ1) is 82.2. The van der Waals surface area contributed by atoms with Crippen LogP contribution in [0.4, 0.5) is 0 Å². The number of hydrogen-bond donors (Lipinski definition) is 3. The minimum Gasteiger partial charge on any atom is -0.387 e. The molecule has 0 saturated heterocycles. The Morgan fingerprint density at radius 3 is 1.08 bits per heavy atom. The van der Waals surface area contributed by atoms with Crippen molar-refractivity contribution in [1.82, 2.24) is 5.32 Å². The van der Waals surface area contributed by atoms with Crippen LogP contribution in [-0.2, 0) is 18.4 Å². The number of allylic oxidation sites excluding steroid dienone is 17. The molecule has 8 nitrogen and oxygen atoms in total. The van der Waals surface area contributed by atoms with Crippen LogP contribution in [0.2, 0.25) is 0 Å². The van der Waals surface area contributed by atoms with Crippen molar-refractivity contribution in [2.45, 2.75) is 328 Å². The number of aliphatic hydroxyl groups is 1. The van der Waals surface area contributed by atoms with Gasteiger partial charge in [0.2, 0.25) is 5.91 Å². The summed E-state index contributed by atoms with van der Waals surface area (Å²) < 4.78 is 23.8. The molecule has 1 amide bonds. The number of unbranched alkanes of at least 4 members (excludes halogenated alkanes) is 36. The van der Waals surface area contributed by atoms with Gasteiger partial charge < -0.3 is 19.8 Å².